The molecule has 1 fully saturated rings. The van der Waals surface area contributed by atoms with Crippen LogP contribution < -0.4 is 5.32 Å². The highest BCUT2D eigenvalue weighted by molar-refractivity contribution is 5.93. The van der Waals surface area contributed by atoms with Gasteiger partial charge in [-0.2, -0.15) is 0 Å². The topological polar surface area (TPSA) is 55.4 Å². The van der Waals surface area contributed by atoms with Gasteiger partial charge in [0.2, 0.25) is 5.91 Å². The molecule has 0 unspecified atom stereocenters. The van der Waals surface area contributed by atoms with E-state index >= 15 is 0 Å². The Morgan fingerprint density at radius 3 is 2.78 bits per heavy atom. The molecule has 4 nitrogen and oxygen atoms in total. The van der Waals surface area contributed by atoms with Crippen LogP contribution in [0.5, 0.6) is 0 Å². The third-order valence-corrected chi connectivity index (χ3v) is 2.65. The fraction of sp³-hybridized carbons (Fsp3) is 0.385. The van der Waals surface area contributed by atoms with Crippen LogP contribution >= 0.6 is 0 Å². The van der Waals surface area contributed by atoms with Crippen LogP contribution in [0.15, 0.2) is 18.2 Å². The van der Waals surface area contributed by atoms with Gasteiger partial charge in [-0.15, -0.1) is 0 Å². The number of nitrogens with one attached hydrogen (secondary N) is 1. The van der Waals surface area contributed by atoms with Gasteiger partial charge >= 0.3 is 5.97 Å². The summed E-state index contributed by atoms with van der Waals surface area (Å²) in [7, 11) is 0. The highest BCUT2D eigenvalue weighted by Gasteiger charge is 2.24. The molecule has 1 amide bonds. The molecule has 2 rings (SSSR count). The van der Waals surface area contributed by atoms with Crippen LogP contribution in [0.25, 0.3) is 0 Å². The lowest BCUT2D eigenvalue weighted by Gasteiger charge is -2.07. The number of carbonyl (C=O) groups is 2. The second kappa shape index (κ2) is 5.16. The molecular weight excluding hydrogens is 237 g/mol. The molecule has 96 valence electrons. The van der Waals surface area contributed by atoms with Gasteiger partial charge in [0.1, 0.15) is 5.82 Å². The lowest BCUT2D eigenvalue weighted by atomic mass is 10.2. The van der Waals surface area contributed by atoms with Gasteiger partial charge in [0, 0.05) is 12.6 Å². The van der Waals surface area contributed by atoms with Crippen LogP contribution in [0.2, 0.25) is 0 Å². The number of halogens is 1. The predicted molar refractivity (Wildman–Crippen MR) is 63.7 cm³/mol. The second-order valence-corrected chi connectivity index (χ2v) is 4.42. The van der Waals surface area contributed by atoms with E-state index in [1.165, 1.54) is 19.1 Å². The van der Waals surface area contributed by atoms with Crippen molar-refractivity contribution in [2.75, 3.05) is 11.9 Å². The van der Waals surface area contributed by atoms with Crippen LogP contribution in [0.3, 0.4) is 0 Å². The zero-order chi connectivity index (χ0) is 13.1. The zero-order valence-corrected chi connectivity index (χ0v) is 10.0. The third-order valence-electron chi connectivity index (χ3n) is 2.65. The largest absolute Gasteiger partial charge is 0.462 e. The minimum atomic E-state index is -0.688. The molecular formula is C13H14FNO3. The van der Waals surface area contributed by atoms with E-state index in [0.29, 0.717) is 18.2 Å². The van der Waals surface area contributed by atoms with Crippen LogP contribution in [0.1, 0.15) is 30.1 Å². The molecule has 1 aromatic carbocycles. The average molecular weight is 251 g/mol. The summed E-state index contributed by atoms with van der Waals surface area (Å²) in [6, 6.07) is 3.82. The number of rotatable bonds is 4. The van der Waals surface area contributed by atoms with Crippen molar-refractivity contribution in [3.8, 4) is 0 Å². The first kappa shape index (κ1) is 12.5. The minimum Gasteiger partial charge on any atom is -0.462 e. The van der Waals surface area contributed by atoms with E-state index in [4.69, 9.17) is 4.74 Å². The normalized spacial score (nSPS) is 14.1. The van der Waals surface area contributed by atoms with Crippen LogP contribution in [-0.4, -0.2) is 18.5 Å². The van der Waals surface area contributed by atoms with Crippen molar-refractivity contribution < 1.29 is 18.7 Å². The van der Waals surface area contributed by atoms with Gasteiger partial charge in [0.25, 0.3) is 0 Å². The highest BCUT2D eigenvalue weighted by atomic mass is 19.1. The number of hydrogen-bond acceptors (Lipinski definition) is 3. The number of esters is 1. The van der Waals surface area contributed by atoms with E-state index in [1.54, 1.807) is 0 Å². The molecule has 0 spiro atoms. The van der Waals surface area contributed by atoms with E-state index < -0.39 is 11.8 Å². The first-order valence-corrected chi connectivity index (χ1v) is 5.80. The van der Waals surface area contributed by atoms with E-state index in [-0.39, 0.29) is 11.5 Å². The van der Waals surface area contributed by atoms with Crippen molar-refractivity contribution in [2.24, 2.45) is 5.92 Å². The maximum absolute atomic E-state index is 13.5. The van der Waals surface area contributed by atoms with Crippen molar-refractivity contribution in [2.45, 2.75) is 19.8 Å². The first-order valence-electron chi connectivity index (χ1n) is 5.80. The number of amides is 1. The number of anilines is 1. The predicted octanol–water partition coefficient (Wildman–Crippen LogP) is 2.35. The second-order valence-electron chi connectivity index (χ2n) is 4.42. The number of ether oxygens (including phenoxy) is 1. The summed E-state index contributed by atoms with van der Waals surface area (Å²) < 4.78 is 18.5. The van der Waals surface area contributed by atoms with Gasteiger partial charge in [-0.3, -0.25) is 4.79 Å². The SMILES string of the molecule is CC(=O)Nc1ccc(F)c(C(=O)OCC2CC2)c1. The van der Waals surface area contributed by atoms with Gasteiger partial charge < -0.3 is 10.1 Å². The Hall–Kier alpha value is -1.91. The standard InChI is InChI=1S/C13H14FNO3/c1-8(16)15-10-4-5-12(14)11(6-10)13(17)18-7-9-2-3-9/h4-6,9H,2-3,7H2,1H3,(H,15,16). The monoisotopic (exact) mass is 251 g/mol. The molecule has 1 aromatic rings. The Bertz CT molecular complexity index is 483. The molecule has 1 saturated carbocycles. The van der Waals surface area contributed by atoms with E-state index in [0.717, 1.165) is 18.9 Å². The minimum absolute atomic E-state index is 0.151. The summed E-state index contributed by atoms with van der Waals surface area (Å²) in [5, 5.41) is 2.49. The molecule has 1 aliphatic carbocycles. The van der Waals surface area contributed by atoms with Gasteiger partial charge in [-0.1, -0.05) is 0 Å². The number of carbonyl (C=O) groups excluding carboxylic acids is 2. The Morgan fingerprint density at radius 2 is 2.17 bits per heavy atom. The van der Waals surface area contributed by atoms with E-state index in [2.05, 4.69) is 5.32 Å². The fourth-order valence-electron chi connectivity index (χ4n) is 1.52. The van der Waals surface area contributed by atoms with E-state index in [1.807, 2.05) is 0 Å². The van der Waals surface area contributed by atoms with Crippen LogP contribution in [0.4, 0.5) is 10.1 Å². The molecule has 0 bridgehead atoms. The van der Waals surface area contributed by atoms with Gasteiger partial charge in [0.15, 0.2) is 0 Å². The fourth-order valence-corrected chi connectivity index (χ4v) is 1.52. The molecule has 1 N–H and O–H groups in total. The molecule has 0 atom stereocenters. The van der Waals surface area contributed by atoms with Crippen molar-refractivity contribution in [1.82, 2.24) is 0 Å². The van der Waals surface area contributed by atoms with Crippen molar-refractivity contribution >= 4 is 17.6 Å². The molecule has 0 saturated heterocycles. The van der Waals surface area contributed by atoms with Gasteiger partial charge in [-0.25, -0.2) is 9.18 Å². The van der Waals surface area contributed by atoms with E-state index in [9.17, 15) is 14.0 Å². The molecule has 18 heavy (non-hydrogen) atoms. The molecule has 1 aliphatic rings. The maximum atomic E-state index is 13.5. The highest BCUT2D eigenvalue weighted by Crippen LogP contribution is 2.29. The molecule has 0 aromatic heterocycles. The lowest BCUT2D eigenvalue weighted by Crippen LogP contribution is -2.11. The lowest BCUT2D eigenvalue weighted by molar-refractivity contribution is -0.114. The molecule has 0 heterocycles. The quantitative estimate of drug-likeness (QED) is 0.836. The Balaban J connectivity index is 2.08. The van der Waals surface area contributed by atoms with Crippen molar-refractivity contribution in [1.29, 1.82) is 0 Å². The van der Waals surface area contributed by atoms with Crippen molar-refractivity contribution in [3.63, 3.8) is 0 Å². The molecule has 0 aliphatic heterocycles. The maximum Gasteiger partial charge on any atom is 0.341 e. The zero-order valence-electron chi connectivity index (χ0n) is 10.0. The first-order chi connectivity index (χ1) is 8.56. The average Bonchev–Trinajstić information content (AvgIpc) is 3.12. The summed E-state index contributed by atoms with van der Waals surface area (Å²) in [6.07, 6.45) is 2.11. The third kappa shape index (κ3) is 3.29. The van der Waals surface area contributed by atoms with Gasteiger partial charge in [0.05, 0.1) is 12.2 Å². The summed E-state index contributed by atoms with van der Waals surface area (Å²) in [5.74, 6) is -1.19. The smallest absolute Gasteiger partial charge is 0.341 e. The Labute approximate surface area is 104 Å². The van der Waals surface area contributed by atoms with Crippen LogP contribution in [0, 0.1) is 11.7 Å². The molecule has 0 radical (unpaired) electrons. The number of benzene rings is 1. The van der Waals surface area contributed by atoms with Crippen molar-refractivity contribution in [3.05, 3.63) is 29.6 Å². The van der Waals surface area contributed by atoms with Crippen LogP contribution in [-0.2, 0) is 9.53 Å². The Morgan fingerprint density at radius 1 is 1.44 bits per heavy atom. The summed E-state index contributed by atoms with van der Waals surface area (Å²) >= 11 is 0. The summed E-state index contributed by atoms with van der Waals surface area (Å²) in [4.78, 5) is 22.5. The summed E-state index contributed by atoms with van der Waals surface area (Å²) in [5.41, 5.74) is 0.226. The molecule has 5 heteroatoms. The number of hydrogen-bond donors (Lipinski definition) is 1. The summed E-state index contributed by atoms with van der Waals surface area (Å²) in [6.45, 7) is 1.68. The van der Waals surface area contributed by atoms with Gasteiger partial charge in [-0.05, 0) is 37.0 Å². The Kier molecular flexibility index (Phi) is 3.60.